The Kier molecular flexibility index (Phi) is 1.90. The maximum atomic E-state index is 9.58. The van der Waals surface area contributed by atoms with Crippen molar-refractivity contribution in [2.75, 3.05) is 13.1 Å². The zero-order valence-corrected chi connectivity index (χ0v) is 7.08. The van der Waals surface area contributed by atoms with Crippen LogP contribution in [-0.4, -0.2) is 24.3 Å². The Morgan fingerprint density at radius 3 is 2.83 bits per heavy atom. The maximum Gasteiger partial charge on any atom is 0.0941 e. The summed E-state index contributed by atoms with van der Waals surface area (Å²) in [6.45, 7) is 3.54. The molecule has 2 heterocycles. The monoisotopic (exact) mass is 167 g/mol. The smallest absolute Gasteiger partial charge is 0.0941 e. The molecule has 1 aromatic rings. The molecule has 1 aliphatic heterocycles. The van der Waals surface area contributed by atoms with Crippen molar-refractivity contribution in [1.82, 2.24) is 5.32 Å². The Hall–Kier alpha value is -0.800. The largest absolute Gasteiger partial charge is 0.472 e. The number of nitrogens with one attached hydrogen (secondary N) is 1. The van der Waals surface area contributed by atoms with Gasteiger partial charge in [-0.05, 0) is 12.5 Å². The lowest BCUT2D eigenvalue weighted by molar-refractivity contribution is 0.177. The van der Waals surface area contributed by atoms with Crippen molar-refractivity contribution < 1.29 is 9.52 Å². The lowest BCUT2D eigenvalue weighted by Gasteiger charge is -2.11. The molecule has 1 aliphatic rings. The maximum absolute atomic E-state index is 9.58. The summed E-state index contributed by atoms with van der Waals surface area (Å²) in [6, 6.07) is 0. The second-order valence-electron chi connectivity index (χ2n) is 3.34. The Morgan fingerprint density at radius 1 is 1.50 bits per heavy atom. The van der Waals surface area contributed by atoms with Crippen molar-refractivity contribution in [3.8, 4) is 0 Å². The van der Waals surface area contributed by atoms with E-state index < -0.39 is 0 Å². The van der Waals surface area contributed by atoms with Gasteiger partial charge < -0.3 is 14.8 Å². The summed E-state index contributed by atoms with van der Waals surface area (Å²) >= 11 is 0. The number of furan rings is 1. The van der Waals surface area contributed by atoms with Crippen LogP contribution in [0, 0.1) is 6.92 Å². The summed E-state index contributed by atoms with van der Waals surface area (Å²) in [5.41, 5.74) is 2.26. The molecule has 2 N–H and O–H groups in total. The Balaban J connectivity index is 2.24. The fourth-order valence-electron chi connectivity index (χ4n) is 1.73. The molecular formula is C9H13NO2. The molecular weight excluding hydrogens is 154 g/mol. The summed E-state index contributed by atoms with van der Waals surface area (Å²) in [6.07, 6.45) is 3.19. The SMILES string of the molecule is Cc1cocc1C1CNCC1O. The van der Waals surface area contributed by atoms with Crippen LogP contribution in [0.5, 0.6) is 0 Å². The Labute approximate surface area is 71.4 Å². The first-order chi connectivity index (χ1) is 5.79. The molecule has 2 rings (SSSR count). The molecule has 0 spiro atoms. The number of β-amino-alcohol motifs (C(OH)–C–C–N with tert-alkyl or cyclic N) is 1. The highest BCUT2D eigenvalue weighted by Gasteiger charge is 2.28. The van der Waals surface area contributed by atoms with Crippen molar-refractivity contribution in [3.63, 3.8) is 0 Å². The van der Waals surface area contributed by atoms with E-state index in [0.29, 0.717) is 6.54 Å². The van der Waals surface area contributed by atoms with Crippen LogP contribution in [-0.2, 0) is 0 Å². The average Bonchev–Trinajstić information content (AvgIpc) is 2.59. The summed E-state index contributed by atoms with van der Waals surface area (Å²) in [5.74, 6) is 0.212. The third-order valence-corrected chi connectivity index (χ3v) is 2.48. The quantitative estimate of drug-likeness (QED) is 0.645. The van der Waals surface area contributed by atoms with Crippen LogP contribution in [0.15, 0.2) is 16.9 Å². The van der Waals surface area contributed by atoms with Crippen LogP contribution in [0.3, 0.4) is 0 Å². The van der Waals surface area contributed by atoms with Gasteiger partial charge in [0.1, 0.15) is 0 Å². The minimum atomic E-state index is -0.263. The predicted molar refractivity (Wildman–Crippen MR) is 45.1 cm³/mol. The van der Waals surface area contributed by atoms with Crippen LogP contribution < -0.4 is 5.32 Å². The van der Waals surface area contributed by atoms with Crippen LogP contribution in [0.4, 0.5) is 0 Å². The van der Waals surface area contributed by atoms with Gasteiger partial charge in [0.05, 0.1) is 18.6 Å². The van der Waals surface area contributed by atoms with E-state index in [4.69, 9.17) is 4.42 Å². The number of aryl methyl sites for hydroxylation is 1. The van der Waals surface area contributed by atoms with Gasteiger partial charge in [-0.2, -0.15) is 0 Å². The van der Waals surface area contributed by atoms with Gasteiger partial charge in [-0.1, -0.05) is 0 Å². The van der Waals surface area contributed by atoms with E-state index in [1.54, 1.807) is 12.5 Å². The van der Waals surface area contributed by atoms with E-state index >= 15 is 0 Å². The number of hydrogen-bond acceptors (Lipinski definition) is 3. The third-order valence-electron chi connectivity index (χ3n) is 2.48. The molecule has 1 aromatic heterocycles. The average molecular weight is 167 g/mol. The van der Waals surface area contributed by atoms with Gasteiger partial charge in [-0.25, -0.2) is 0 Å². The highest BCUT2D eigenvalue weighted by molar-refractivity contribution is 5.26. The first kappa shape index (κ1) is 7.83. The van der Waals surface area contributed by atoms with Gasteiger partial charge in [-0.3, -0.25) is 0 Å². The lowest BCUT2D eigenvalue weighted by atomic mass is 9.96. The molecule has 1 saturated heterocycles. The molecule has 2 atom stereocenters. The van der Waals surface area contributed by atoms with Crippen molar-refractivity contribution in [2.24, 2.45) is 0 Å². The second-order valence-corrected chi connectivity index (χ2v) is 3.34. The summed E-state index contributed by atoms with van der Waals surface area (Å²) < 4.78 is 5.07. The Bertz CT molecular complexity index is 269. The van der Waals surface area contributed by atoms with Crippen molar-refractivity contribution in [3.05, 3.63) is 23.7 Å². The summed E-state index contributed by atoms with van der Waals surface area (Å²) in [4.78, 5) is 0. The van der Waals surface area contributed by atoms with E-state index in [1.165, 1.54) is 0 Å². The molecule has 0 aliphatic carbocycles. The van der Waals surface area contributed by atoms with Crippen LogP contribution in [0.1, 0.15) is 17.0 Å². The highest BCUT2D eigenvalue weighted by atomic mass is 16.3. The van der Waals surface area contributed by atoms with Crippen LogP contribution in [0.2, 0.25) is 0 Å². The standard InChI is InChI=1S/C9H13NO2/c1-6-4-12-5-8(6)7-2-10-3-9(7)11/h4-5,7,9-11H,2-3H2,1H3. The van der Waals surface area contributed by atoms with Gasteiger partial charge in [0.25, 0.3) is 0 Å². The summed E-state index contributed by atoms with van der Waals surface area (Å²) in [5, 5.41) is 12.7. The van der Waals surface area contributed by atoms with Gasteiger partial charge >= 0.3 is 0 Å². The minimum Gasteiger partial charge on any atom is -0.472 e. The van der Waals surface area contributed by atoms with Gasteiger partial charge in [0, 0.05) is 24.6 Å². The molecule has 3 nitrogen and oxygen atoms in total. The number of aliphatic hydroxyl groups excluding tert-OH is 1. The van der Waals surface area contributed by atoms with Gasteiger partial charge in [0.15, 0.2) is 0 Å². The fourth-order valence-corrected chi connectivity index (χ4v) is 1.73. The normalized spacial score (nSPS) is 29.5. The first-order valence-electron chi connectivity index (χ1n) is 4.20. The lowest BCUT2D eigenvalue weighted by Crippen LogP contribution is -2.16. The molecule has 66 valence electrons. The molecule has 12 heavy (non-hydrogen) atoms. The number of hydrogen-bond donors (Lipinski definition) is 2. The number of aliphatic hydroxyl groups is 1. The Morgan fingerprint density at radius 2 is 2.33 bits per heavy atom. The fraction of sp³-hybridized carbons (Fsp3) is 0.556. The van der Waals surface area contributed by atoms with E-state index in [2.05, 4.69) is 5.32 Å². The first-order valence-corrected chi connectivity index (χ1v) is 4.20. The van der Waals surface area contributed by atoms with Gasteiger partial charge in [-0.15, -0.1) is 0 Å². The van der Waals surface area contributed by atoms with E-state index in [-0.39, 0.29) is 12.0 Å². The van der Waals surface area contributed by atoms with Crippen molar-refractivity contribution in [1.29, 1.82) is 0 Å². The molecule has 1 fully saturated rings. The molecule has 0 radical (unpaired) electrons. The van der Waals surface area contributed by atoms with Gasteiger partial charge in [0.2, 0.25) is 0 Å². The molecule has 0 saturated carbocycles. The number of rotatable bonds is 1. The van der Waals surface area contributed by atoms with Crippen molar-refractivity contribution >= 4 is 0 Å². The predicted octanol–water partition coefficient (Wildman–Crippen LogP) is 0.636. The highest BCUT2D eigenvalue weighted by Crippen LogP contribution is 2.26. The molecule has 0 bridgehead atoms. The third kappa shape index (κ3) is 1.15. The second kappa shape index (κ2) is 2.92. The van der Waals surface area contributed by atoms with E-state index in [0.717, 1.165) is 17.7 Å². The van der Waals surface area contributed by atoms with Crippen molar-refractivity contribution in [2.45, 2.75) is 18.9 Å². The van der Waals surface area contributed by atoms with Crippen LogP contribution in [0.25, 0.3) is 0 Å². The van der Waals surface area contributed by atoms with E-state index in [9.17, 15) is 5.11 Å². The zero-order valence-electron chi connectivity index (χ0n) is 7.08. The van der Waals surface area contributed by atoms with Crippen LogP contribution >= 0.6 is 0 Å². The molecule has 0 amide bonds. The topological polar surface area (TPSA) is 45.4 Å². The van der Waals surface area contributed by atoms with E-state index in [1.807, 2.05) is 6.92 Å². The summed E-state index contributed by atoms with van der Waals surface area (Å²) in [7, 11) is 0. The molecule has 0 aromatic carbocycles. The minimum absolute atomic E-state index is 0.212. The molecule has 3 heteroatoms. The molecule has 2 unspecified atom stereocenters. The zero-order chi connectivity index (χ0) is 8.55.